The van der Waals surface area contributed by atoms with E-state index in [0.717, 1.165) is 23.2 Å². The quantitative estimate of drug-likeness (QED) is 0.113. The van der Waals surface area contributed by atoms with Crippen LogP contribution in [0.5, 0.6) is 5.88 Å². The van der Waals surface area contributed by atoms with Crippen LogP contribution >= 0.6 is 11.8 Å². The molecular weight excluding hydrogens is 667 g/mol. The van der Waals surface area contributed by atoms with Gasteiger partial charge in [-0.25, -0.2) is 18.4 Å². The number of para-hydroxylation sites is 1. The van der Waals surface area contributed by atoms with E-state index in [-0.39, 0.29) is 27.0 Å². The Balaban J connectivity index is 1.21. The van der Waals surface area contributed by atoms with Crippen molar-refractivity contribution in [1.29, 1.82) is 5.26 Å². The lowest BCUT2D eigenvalue weighted by Gasteiger charge is -2.32. The van der Waals surface area contributed by atoms with E-state index in [9.17, 15) is 23.7 Å². The standard InChI is InChI=1S/C34H31N7O6S2/c1-2-23-11-9-10-16-28(23)36-29(42)22-48-34-37-30(24-12-5-3-6-13-24)27(21-35)31(38-34)40-19-17-25(18-20-40)46-32-33(41(43)47-39-32)49(44,45)26-14-7-4-8-15-26/h3-16,25H,2,17-20,22H2,1H3,(H,36,42). The summed E-state index contributed by atoms with van der Waals surface area (Å²) in [6.07, 6.45) is 1.07. The van der Waals surface area contributed by atoms with E-state index < -0.39 is 26.8 Å². The fourth-order valence-corrected chi connectivity index (χ4v) is 7.39. The van der Waals surface area contributed by atoms with E-state index in [1.165, 1.54) is 23.9 Å². The minimum atomic E-state index is -4.26. The number of rotatable bonds is 11. The fraction of sp³-hybridized carbons (Fsp3) is 0.235. The normalized spacial score (nSPS) is 13.5. The molecule has 5 aromatic rings. The summed E-state index contributed by atoms with van der Waals surface area (Å²) in [4.78, 5) is 24.1. The van der Waals surface area contributed by atoms with E-state index in [4.69, 9.17) is 14.7 Å². The number of hydrogen-bond donors (Lipinski definition) is 1. The maximum atomic E-state index is 13.2. The number of nitriles is 1. The highest BCUT2D eigenvalue weighted by atomic mass is 32.2. The molecule has 6 rings (SSSR count). The van der Waals surface area contributed by atoms with Gasteiger partial charge < -0.3 is 20.2 Å². The first-order valence-corrected chi connectivity index (χ1v) is 17.9. The van der Waals surface area contributed by atoms with Crippen LogP contribution in [0.15, 0.2) is 105 Å². The lowest BCUT2D eigenvalue weighted by molar-refractivity contribution is -0.832. The largest absolute Gasteiger partial charge is 0.451 e. The van der Waals surface area contributed by atoms with Crippen molar-refractivity contribution in [2.75, 3.05) is 29.1 Å². The molecule has 1 aliphatic rings. The maximum absolute atomic E-state index is 13.2. The smallest absolute Gasteiger partial charge is 0.415 e. The first kappa shape index (κ1) is 33.4. The molecule has 3 aromatic carbocycles. The fourth-order valence-electron chi connectivity index (χ4n) is 5.47. The molecule has 3 heterocycles. The van der Waals surface area contributed by atoms with Gasteiger partial charge in [0.1, 0.15) is 17.7 Å². The summed E-state index contributed by atoms with van der Waals surface area (Å²) in [5.41, 5.74) is 3.25. The van der Waals surface area contributed by atoms with Gasteiger partial charge in [-0.05, 0) is 35.1 Å². The van der Waals surface area contributed by atoms with Crippen LogP contribution in [0.25, 0.3) is 11.3 Å². The number of anilines is 2. The second-order valence-corrected chi connectivity index (χ2v) is 13.8. The number of hydrogen-bond acceptors (Lipinski definition) is 12. The molecule has 1 amide bonds. The Labute approximate surface area is 287 Å². The van der Waals surface area contributed by atoms with Crippen LogP contribution in [-0.2, 0) is 21.1 Å². The molecule has 1 aliphatic heterocycles. The zero-order valence-electron chi connectivity index (χ0n) is 26.4. The third-order valence-electron chi connectivity index (χ3n) is 7.91. The van der Waals surface area contributed by atoms with Crippen molar-refractivity contribution in [2.24, 2.45) is 0 Å². The number of aryl methyl sites for hydroxylation is 1. The predicted molar refractivity (Wildman–Crippen MR) is 181 cm³/mol. The molecule has 15 heteroatoms. The number of carbonyl (C=O) groups is 1. The molecule has 250 valence electrons. The topological polar surface area (TPSA) is 178 Å². The Kier molecular flexibility index (Phi) is 10.1. The summed E-state index contributed by atoms with van der Waals surface area (Å²) in [7, 11) is -4.26. The van der Waals surface area contributed by atoms with Gasteiger partial charge >= 0.3 is 10.9 Å². The second-order valence-electron chi connectivity index (χ2n) is 11.0. The van der Waals surface area contributed by atoms with Gasteiger partial charge in [0.05, 0.1) is 21.5 Å². The first-order valence-electron chi connectivity index (χ1n) is 15.5. The van der Waals surface area contributed by atoms with Gasteiger partial charge in [0.2, 0.25) is 5.91 Å². The minimum Gasteiger partial charge on any atom is -0.451 e. The molecule has 0 atom stereocenters. The SMILES string of the molecule is CCc1ccccc1NC(=O)CSc1nc(-c2ccccc2)c(C#N)c(N2CCC(Oc3no[n+]([O-])c3S(=O)(=O)c3ccccc3)CC2)n1. The van der Waals surface area contributed by atoms with Gasteiger partial charge in [-0.15, -0.1) is 0 Å². The lowest BCUT2D eigenvalue weighted by atomic mass is 10.0. The summed E-state index contributed by atoms with van der Waals surface area (Å²) in [6.45, 7) is 2.80. The first-order chi connectivity index (χ1) is 23.8. The van der Waals surface area contributed by atoms with E-state index in [1.807, 2.05) is 66.4 Å². The third-order valence-corrected chi connectivity index (χ3v) is 10.5. The average Bonchev–Trinajstić information content (AvgIpc) is 3.51. The monoisotopic (exact) mass is 697 g/mol. The molecule has 0 saturated carbocycles. The van der Waals surface area contributed by atoms with Crippen molar-refractivity contribution in [1.82, 2.24) is 15.1 Å². The van der Waals surface area contributed by atoms with E-state index in [2.05, 4.69) is 21.2 Å². The molecule has 0 unspecified atom stereocenters. The Morgan fingerprint density at radius 3 is 2.43 bits per heavy atom. The van der Waals surface area contributed by atoms with Crippen molar-refractivity contribution < 1.29 is 27.5 Å². The number of benzene rings is 3. The van der Waals surface area contributed by atoms with Gasteiger partial charge in [0, 0.05) is 37.2 Å². The molecule has 1 N–H and O–H groups in total. The molecule has 2 aromatic heterocycles. The zero-order chi connectivity index (χ0) is 34.4. The highest BCUT2D eigenvalue weighted by Gasteiger charge is 2.38. The Morgan fingerprint density at radius 2 is 1.73 bits per heavy atom. The van der Waals surface area contributed by atoms with Crippen LogP contribution in [0.4, 0.5) is 11.5 Å². The molecular formula is C34H31N7O6S2. The molecule has 0 bridgehead atoms. The van der Waals surface area contributed by atoms with Crippen molar-refractivity contribution in [3.05, 3.63) is 101 Å². The second kappa shape index (κ2) is 14.8. The van der Waals surface area contributed by atoms with Gasteiger partial charge in [-0.1, -0.05) is 85.4 Å². The number of sulfone groups is 1. The summed E-state index contributed by atoms with van der Waals surface area (Å²) in [5.74, 6) is -0.151. The average molecular weight is 698 g/mol. The van der Waals surface area contributed by atoms with E-state index >= 15 is 0 Å². The Bertz CT molecular complexity index is 2100. The number of aromatic nitrogens is 4. The number of amides is 1. The number of nitrogens with zero attached hydrogens (tertiary/aromatic N) is 6. The van der Waals surface area contributed by atoms with Crippen LogP contribution in [0, 0.1) is 16.5 Å². The highest BCUT2D eigenvalue weighted by Crippen LogP contribution is 2.33. The number of piperidine rings is 1. The van der Waals surface area contributed by atoms with Crippen molar-refractivity contribution in [3.63, 3.8) is 0 Å². The highest BCUT2D eigenvalue weighted by molar-refractivity contribution is 7.99. The van der Waals surface area contributed by atoms with E-state index in [1.54, 1.807) is 18.2 Å². The summed E-state index contributed by atoms with van der Waals surface area (Å²) in [6, 6.07) is 26.7. The molecule has 0 aliphatic carbocycles. The van der Waals surface area contributed by atoms with Crippen LogP contribution in [-0.4, -0.2) is 54.4 Å². The van der Waals surface area contributed by atoms with E-state index in [0.29, 0.717) is 42.6 Å². The minimum absolute atomic E-state index is 0.0547. The molecule has 0 spiro atoms. The van der Waals surface area contributed by atoms with Gasteiger partial charge in [-0.2, -0.15) is 5.26 Å². The zero-order valence-corrected chi connectivity index (χ0v) is 28.0. The van der Waals surface area contributed by atoms with Crippen molar-refractivity contribution >= 4 is 39.0 Å². The van der Waals surface area contributed by atoms with Crippen molar-refractivity contribution in [2.45, 2.75) is 47.4 Å². The van der Waals surface area contributed by atoms with Gasteiger partial charge in [0.25, 0.3) is 9.84 Å². The lowest BCUT2D eigenvalue weighted by Crippen LogP contribution is -2.39. The van der Waals surface area contributed by atoms with Gasteiger partial charge in [0.15, 0.2) is 11.0 Å². The number of nitrogens with one attached hydrogen (secondary N) is 1. The van der Waals surface area contributed by atoms with Crippen LogP contribution in [0.1, 0.15) is 30.9 Å². The molecule has 1 fully saturated rings. The number of thioether (sulfide) groups is 1. The van der Waals surface area contributed by atoms with Crippen LogP contribution in [0.3, 0.4) is 0 Å². The predicted octanol–water partition coefficient (Wildman–Crippen LogP) is 4.81. The molecule has 13 nitrogen and oxygen atoms in total. The summed E-state index contributed by atoms with van der Waals surface area (Å²) < 4.78 is 37.0. The number of carbonyl (C=O) groups excluding carboxylic acids is 1. The molecule has 49 heavy (non-hydrogen) atoms. The van der Waals surface area contributed by atoms with Crippen molar-refractivity contribution in [3.8, 4) is 23.2 Å². The van der Waals surface area contributed by atoms with Gasteiger partial charge in [-0.3, -0.25) is 9.42 Å². The maximum Gasteiger partial charge on any atom is 0.415 e. The van der Waals surface area contributed by atoms with Crippen LogP contribution in [0.2, 0.25) is 0 Å². The molecule has 1 saturated heterocycles. The van der Waals surface area contributed by atoms with Crippen LogP contribution < -0.4 is 19.9 Å². The Morgan fingerprint density at radius 1 is 1.06 bits per heavy atom. The summed E-state index contributed by atoms with van der Waals surface area (Å²) >= 11 is 1.17. The molecule has 0 radical (unpaired) electrons. The Hall–Kier alpha value is -5.46. The third kappa shape index (κ3) is 7.35. The summed E-state index contributed by atoms with van der Waals surface area (Å²) in [5, 5.41) is 28.8. The number of ether oxygens (including phenoxy) is 1.